The number of rotatable bonds is 2. The van der Waals surface area contributed by atoms with Crippen LogP contribution in [0.4, 0.5) is 0 Å². The summed E-state index contributed by atoms with van der Waals surface area (Å²) < 4.78 is 4.92. The number of thioether (sulfide) groups is 1. The lowest BCUT2D eigenvalue weighted by Crippen LogP contribution is -2.11. The molecule has 0 amide bonds. The topological polar surface area (TPSA) is 63.0 Å². The fourth-order valence-electron chi connectivity index (χ4n) is 1.85. The van der Waals surface area contributed by atoms with Crippen LogP contribution in [0.1, 0.15) is 28.8 Å². The standard InChI is InChI=1S/C13H14N2O2S/c1-7-8(2)10(6-14)12(15-9(7)3)18-11-4-5-17-13(11)16/h11H,4-5H2,1-3H3/t11-/m0/s1. The van der Waals surface area contributed by atoms with Crippen molar-refractivity contribution in [1.29, 1.82) is 5.26 Å². The van der Waals surface area contributed by atoms with E-state index in [9.17, 15) is 10.1 Å². The summed E-state index contributed by atoms with van der Waals surface area (Å²) in [6.45, 7) is 6.25. The number of ether oxygens (including phenoxy) is 1. The summed E-state index contributed by atoms with van der Waals surface area (Å²) in [4.78, 5) is 15.9. The summed E-state index contributed by atoms with van der Waals surface area (Å²) in [7, 11) is 0. The number of cyclic esters (lactones) is 1. The smallest absolute Gasteiger partial charge is 0.319 e. The number of carbonyl (C=O) groups excluding carboxylic acids is 1. The van der Waals surface area contributed by atoms with Crippen molar-refractivity contribution in [2.24, 2.45) is 0 Å². The molecule has 1 aliphatic rings. The third-order valence-electron chi connectivity index (χ3n) is 3.22. The predicted octanol–water partition coefficient (Wildman–Crippen LogP) is 2.29. The molecule has 1 saturated heterocycles. The summed E-state index contributed by atoms with van der Waals surface area (Å²) in [5, 5.41) is 9.65. The van der Waals surface area contributed by atoms with E-state index in [0.29, 0.717) is 23.6 Å². The minimum absolute atomic E-state index is 0.207. The number of nitrogens with zero attached hydrogens (tertiary/aromatic N) is 2. The Hall–Kier alpha value is -1.54. The van der Waals surface area contributed by atoms with Crippen LogP contribution in [0.3, 0.4) is 0 Å². The van der Waals surface area contributed by atoms with Gasteiger partial charge in [0.1, 0.15) is 16.3 Å². The highest BCUT2D eigenvalue weighted by molar-refractivity contribution is 8.00. The molecule has 0 aliphatic carbocycles. The Bertz CT molecular complexity index is 549. The van der Waals surface area contributed by atoms with E-state index in [1.54, 1.807) is 0 Å². The molecule has 1 fully saturated rings. The fourth-order valence-corrected chi connectivity index (χ4v) is 3.00. The van der Waals surface area contributed by atoms with Crippen molar-refractivity contribution in [3.63, 3.8) is 0 Å². The van der Waals surface area contributed by atoms with E-state index in [4.69, 9.17) is 4.74 Å². The van der Waals surface area contributed by atoms with Crippen molar-refractivity contribution >= 4 is 17.7 Å². The molecule has 0 saturated carbocycles. The second-order valence-corrected chi connectivity index (χ2v) is 5.49. The zero-order valence-corrected chi connectivity index (χ0v) is 11.4. The molecule has 2 rings (SSSR count). The van der Waals surface area contributed by atoms with Gasteiger partial charge in [0.05, 0.1) is 12.2 Å². The SMILES string of the molecule is Cc1nc(S[C@H]2CCOC2=O)c(C#N)c(C)c1C. The Morgan fingerprint density at radius 3 is 2.67 bits per heavy atom. The highest BCUT2D eigenvalue weighted by atomic mass is 32.2. The molecule has 0 N–H and O–H groups in total. The molecular weight excluding hydrogens is 248 g/mol. The van der Waals surface area contributed by atoms with E-state index in [2.05, 4.69) is 11.1 Å². The first kappa shape index (κ1) is 12.9. The van der Waals surface area contributed by atoms with Crippen LogP contribution < -0.4 is 0 Å². The normalized spacial score (nSPS) is 18.6. The number of aromatic nitrogens is 1. The number of nitriles is 1. The second kappa shape index (κ2) is 4.99. The summed E-state index contributed by atoms with van der Waals surface area (Å²) in [5.74, 6) is -0.207. The van der Waals surface area contributed by atoms with Gasteiger partial charge >= 0.3 is 5.97 Å². The number of carbonyl (C=O) groups is 1. The van der Waals surface area contributed by atoms with Gasteiger partial charge in [-0.2, -0.15) is 5.26 Å². The van der Waals surface area contributed by atoms with E-state index in [1.807, 2.05) is 20.8 Å². The van der Waals surface area contributed by atoms with Gasteiger partial charge in [-0.25, -0.2) is 4.98 Å². The molecule has 5 heteroatoms. The van der Waals surface area contributed by atoms with Crippen molar-refractivity contribution in [2.75, 3.05) is 6.61 Å². The molecule has 18 heavy (non-hydrogen) atoms. The average molecular weight is 262 g/mol. The van der Waals surface area contributed by atoms with Crippen LogP contribution in [0, 0.1) is 32.1 Å². The van der Waals surface area contributed by atoms with Gasteiger partial charge in [-0.3, -0.25) is 4.79 Å². The Kier molecular flexibility index (Phi) is 3.58. The number of pyridine rings is 1. The Morgan fingerprint density at radius 2 is 2.11 bits per heavy atom. The molecule has 0 aromatic carbocycles. The van der Waals surface area contributed by atoms with Crippen LogP contribution in [0.2, 0.25) is 0 Å². The number of aryl methyl sites for hydroxylation is 1. The highest BCUT2D eigenvalue weighted by Crippen LogP contribution is 2.32. The summed E-state index contributed by atoms with van der Waals surface area (Å²) >= 11 is 1.34. The molecule has 1 aliphatic heterocycles. The van der Waals surface area contributed by atoms with Crippen molar-refractivity contribution in [2.45, 2.75) is 37.5 Å². The van der Waals surface area contributed by atoms with Gasteiger partial charge in [-0.15, -0.1) is 0 Å². The molecule has 1 aromatic rings. The van der Waals surface area contributed by atoms with Gasteiger partial charge in [0.15, 0.2) is 0 Å². The van der Waals surface area contributed by atoms with Gasteiger partial charge < -0.3 is 4.74 Å². The third kappa shape index (κ3) is 2.21. The Morgan fingerprint density at radius 1 is 1.39 bits per heavy atom. The highest BCUT2D eigenvalue weighted by Gasteiger charge is 2.29. The minimum Gasteiger partial charge on any atom is -0.465 e. The first-order valence-electron chi connectivity index (χ1n) is 5.75. The molecule has 0 bridgehead atoms. The maximum absolute atomic E-state index is 11.5. The quantitative estimate of drug-likeness (QED) is 0.765. The largest absolute Gasteiger partial charge is 0.465 e. The maximum Gasteiger partial charge on any atom is 0.319 e. The van der Waals surface area contributed by atoms with Crippen molar-refractivity contribution < 1.29 is 9.53 Å². The molecule has 94 valence electrons. The van der Waals surface area contributed by atoms with Crippen LogP contribution in [0.25, 0.3) is 0 Å². The first-order valence-corrected chi connectivity index (χ1v) is 6.63. The summed E-state index contributed by atoms with van der Waals surface area (Å²) in [6.07, 6.45) is 0.683. The lowest BCUT2D eigenvalue weighted by molar-refractivity contribution is -0.137. The second-order valence-electron chi connectivity index (χ2n) is 4.30. The molecule has 0 radical (unpaired) electrons. The molecule has 2 heterocycles. The van der Waals surface area contributed by atoms with Crippen LogP contribution in [0.5, 0.6) is 0 Å². The number of hydrogen-bond acceptors (Lipinski definition) is 5. The third-order valence-corrected chi connectivity index (χ3v) is 4.45. The fraction of sp³-hybridized carbons (Fsp3) is 0.462. The van der Waals surface area contributed by atoms with E-state index in [-0.39, 0.29) is 11.2 Å². The van der Waals surface area contributed by atoms with Crippen LogP contribution in [-0.2, 0) is 9.53 Å². The molecule has 4 nitrogen and oxygen atoms in total. The summed E-state index contributed by atoms with van der Waals surface area (Å²) in [5.41, 5.74) is 3.45. The van der Waals surface area contributed by atoms with E-state index in [1.165, 1.54) is 11.8 Å². The van der Waals surface area contributed by atoms with E-state index >= 15 is 0 Å². The van der Waals surface area contributed by atoms with Gasteiger partial charge in [0.2, 0.25) is 0 Å². The lowest BCUT2D eigenvalue weighted by atomic mass is 10.1. The van der Waals surface area contributed by atoms with Gasteiger partial charge in [0, 0.05) is 12.1 Å². The average Bonchev–Trinajstić information content (AvgIpc) is 2.73. The Labute approximate surface area is 110 Å². The number of esters is 1. The monoisotopic (exact) mass is 262 g/mol. The zero-order chi connectivity index (χ0) is 13.3. The first-order chi connectivity index (χ1) is 8.54. The van der Waals surface area contributed by atoms with E-state index in [0.717, 1.165) is 16.8 Å². The maximum atomic E-state index is 11.5. The van der Waals surface area contributed by atoms with Gasteiger partial charge in [-0.1, -0.05) is 11.8 Å². The summed E-state index contributed by atoms with van der Waals surface area (Å²) in [6, 6.07) is 2.19. The minimum atomic E-state index is -0.230. The lowest BCUT2D eigenvalue weighted by Gasteiger charge is -2.12. The van der Waals surface area contributed by atoms with Crippen molar-refractivity contribution in [3.05, 3.63) is 22.4 Å². The van der Waals surface area contributed by atoms with Gasteiger partial charge in [0.25, 0.3) is 0 Å². The van der Waals surface area contributed by atoms with Crippen LogP contribution >= 0.6 is 11.8 Å². The zero-order valence-electron chi connectivity index (χ0n) is 10.6. The molecule has 0 unspecified atom stereocenters. The van der Waals surface area contributed by atoms with Gasteiger partial charge in [-0.05, 0) is 31.9 Å². The molecular formula is C13H14N2O2S. The molecule has 1 aromatic heterocycles. The van der Waals surface area contributed by atoms with Crippen LogP contribution in [-0.4, -0.2) is 22.8 Å². The predicted molar refractivity (Wildman–Crippen MR) is 68.4 cm³/mol. The Balaban J connectivity index is 2.39. The van der Waals surface area contributed by atoms with Crippen molar-refractivity contribution in [3.8, 4) is 6.07 Å². The molecule has 0 spiro atoms. The van der Waals surface area contributed by atoms with Crippen LogP contribution in [0.15, 0.2) is 5.03 Å². The van der Waals surface area contributed by atoms with Crippen molar-refractivity contribution in [1.82, 2.24) is 4.98 Å². The number of hydrogen-bond donors (Lipinski definition) is 0. The van der Waals surface area contributed by atoms with E-state index < -0.39 is 0 Å². The molecule has 1 atom stereocenters.